The number of unbranched alkanes of at least 4 members (excludes halogenated alkanes) is 1. The van der Waals surface area contributed by atoms with E-state index >= 15 is 0 Å². The number of rotatable bonds is 6. The molecule has 0 aromatic carbocycles. The molecule has 13 heavy (non-hydrogen) atoms. The zero-order chi connectivity index (χ0) is 10.1. The molecule has 0 bridgehead atoms. The molecule has 0 spiro atoms. The van der Waals surface area contributed by atoms with Gasteiger partial charge in [0, 0.05) is 13.0 Å². The summed E-state index contributed by atoms with van der Waals surface area (Å²) in [6, 6.07) is 0. The van der Waals surface area contributed by atoms with Crippen LogP contribution in [0.5, 0.6) is 0 Å². The fraction of sp³-hybridized carbons (Fsp3) is 0.875. The second-order valence-corrected chi connectivity index (χ2v) is 2.69. The van der Waals surface area contributed by atoms with Crippen LogP contribution < -0.4 is 5.32 Å². The van der Waals surface area contributed by atoms with Crippen molar-refractivity contribution < 1.29 is 19.7 Å². The minimum Gasteiger partial charge on any atom is -0.449 e. The standard InChI is InChI=1S/C8H17NO4/c1-2-3-5-9-8(12)13-6-4-7(10)11/h7,10-11H,2-6H2,1H3,(H,9,12). The average molecular weight is 191 g/mol. The van der Waals surface area contributed by atoms with E-state index in [4.69, 9.17) is 10.2 Å². The molecule has 78 valence electrons. The first-order valence-electron chi connectivity index (χ1n) is 4.43. The number of hydrogen-bond acceptors (Lipinski definition) is 4. The second-order valence-electron chi connectivity index (χ2n) is 2.69. The number of carbonyl (C=O) groups is 1. The number of ether oxygens (including phenoxy) is 1. The number of aliphatic hydroxyl groups excluding tert-OH is 1. The Kier molecular flexibility index (Phi) is 7.33. The normalized spacial score (nSPS) is 10.2. The number of hydrogen-bond donors (Lipinski definition) is 3. The molecule has 1 amide bonds. The summed E-state index contributed by atoms with van der Waals surface area (Å²) in [5, 5.41) is 19.4. The van der Waals surface area contributed by atoms with Crippen LogP contribution >= 0.6 is 0 Å². The van der Waals surface area contributed by atoms with Crippen molar-refractivity contribution in [3.05, 3.63) is 0 Å². The lowest BCUT2D eigenvalue weighted by molar-refractivity contribution is -0.0547. The fourth-order valence-electron chi connectivity index (χ4n) is 0.675. The third-order valence-electron chi connectivity index (χ3n) is 1.41. The highest BCUT2D eigenvalue weighted by molar-refractivity contribution is 5.66. The van der Waals surface area contributed by atoms with Crippen LogP contribution in [0, 0.1) is 0 Å². The number of aliphatic hydroxyl groups is 2. The van der Waals surface area contributed by atoms with E-state index < -0.39 is 12.4 Å². The molecule has 0 aliphatic rings. The van der Waals surface area contributed by atoms with E-state index in [2.05, 4.69) is 10.1 Å². The fourth-order valence-corrected chi connectivity index (χ4v) is 0.675. The van der Waals surface area contributed by atoms with E-state index in [-0.39, 0.29) is 13.0 Å². The van der Waals surface area contributed by atoms with E-state index in [0.29, 0.717) is 6.54 Å². The van der Waals surface area contributed by atoms with Gasteiger partial charge in [0.2, 0.25) is 0 Å². The summed E-state index contributed by atoms with van der Waals surface area (Å²) in [5.74, 6) is 0. The molecular formula is C8H17NO4. The number of carbonyl (C=O) groups excluding carboxylic acids is 1. The van der Waals surface area contributed by atoms with Crippen LogP contribution in [0.25, 0.3) is 0 Å². The molecule has 0 aromatic rings. The summed E-state index contributed by atoms with van der Waals surface area (Å²) in [7, 11) is 0. The largest absolute Gasteiger partial charge is 0.449 e. The van der Waals surface area contributed by atoms with Crippen molar-refractivity contribution in [1.29, 1.82) is 0 Å². The monoisotopic (exact) mass is 191 g/mol. The van der Waals surface area contributed by atoms with Crippen molar-refractivity contribution >= 4 is 6.09 Å². The summed E-state index contributed by atoms with van der Waals surface area (Å²) >= 11 is 0. The highest BCUT2D eigenvalue weighted by Crippen LogP contribution is 1.89. The van der Waals surface area contributed by atoms with E-state index in [0.717, 1.165) is 12.8 Å². The summed E-state index contributed by atoms with van der Waals surface area (Å²) in [6.45, 7) is 2.64. The molecule has 3 N–H and O–H groups in total. The SMILES string of the molecule is CCCCNC(=O)OCCC(O)O. The van der Waals surface area contributed by atoms with Gasteiger partial charge in [-0.1, -0.05) is 13.3 Å². The molecule has 0 atom stereocenters. The Morgan fingerprint density at radius 2 is 2.23 bits per heavy atom. The smallest absolute Gasteiger partial charge is 0.407 e. The highest BCUT2D eigenvalue weighted by atomic mass is 16.6. The Balaban J connectivity index is 3.20. The zero-order valence-corrected chi connectivity index (χ0v) is 7.82. The predicted molar refractivity (Wildman–Crippen MR) is 47.1 cm³/mol. The van der Waals surface area contributed by atoms with Crippen molar-refractivity contribution in [1.82, 2.24) is 5.32 Å². The second kappa shape index (κ2) is 7.82. The van der Waals surface area contributed by atoms with Crippen molar-refractivity contribution in [3.8, 4) is 0 Å². The molecule has 0 fully saturated rings. The van der Waals surface area contributed by atoms with Crippen molar-refractivity contribution in [2.24, 2.45) is 0 Å². The minimum atomic E-state index is -1.41. The first kappa shape index (κ1) is 12.2. The molecule has 0 saturated carbocycles. The summed E-state index contributed by atoms with van der Waals surface area (Å²) < 4.78 is 4.63. The highest BCUT2D eigenvalue weighted by Gasteiger charge is 2.02. The van der Waals surface area contributed by atoms with Gasteiger partial charge in [-0.05, 0) is 6.42 Å². The Hall–Kier alpha value is -0.810. The van der Waals surface area contributed by atoms with Crippen molar-refractivity contribution in [2.45, 2.75) is 32.5 Å². The van der Waals surface area contributed by atoms with Crippen LogP contribution in [0.15, 0.2) is 0 Å². The minimum absolute atomic E-state index is 0.0234. The number of alkyl carbamates (subject to hydrolysis) is 1. The van der Waals surface area contributed by atoms with Gasteiger partial charge >= 0.3 is 6.09 Å². The van der Waals surface area contributed by atoms with Gasteiger partial charge < -0.3 is 20.3 Å². The Labute approximate surface area is 77.7 Å². The lowest BCUT2D eigenvalue weighted by Crippen LogP contribution is -2.26. The van der Waals surface area contributed by atoms with Gasteiger partial charge in [0.15, 0.2) is 6.29 Å². The molecule has 5 heteroatoms. The topological polar surface area (TPSA) is 78.8 Å². The molecule has 0 rings (SSSR count). The third-order valence-corrected chi connectivity index (χ3v) is 1.41. The number of nitrogens with one attached hydrogen (secondary N) is 1. The first-order valence-corrected chi connectivity index (χ1v) is 4.43. The maximum absolute atomic E-state index is 10.8. The Morgan fingerprint density at radius 3 is 2.77 bits per heavy atom. The van der Waals surface area contributed by atoms with Crippen LogP contribution in [-0.4, -0.2) is 35.7 Å². The predicted octanol–water partition coefficient (Wildman–Crippen LogP) is 0.213. The van der Waals surface area contributed by atoms with Crippen LogP contribution in [-0.2, 0) is 4.74 Å². The van der Waals surface area contributed by atoms with Gasteiger partial charge in [-0.25, -0.2) is 4.79 Å². The van der Waals surface area contributed by atoms with E-state index in [1.54, 1.807) is 0 Å². The molecule has 0 radical (unpaired) electrons. The summed E-state index contributed by atoms with van der Waals surface area (Å²) in [6.07, 6.45) is 0.0479. The van der Waals surface area contributed by atoms with Gasteiger partial charge in [0.1, 0.15) is 0 Å². The van der Waals surface area contributed by atoms with E-state index in [1.807, 2.05) is 6.92 Å². The molecular weight excluding hydrogens is 174 g/mol. The lowest BCUT2D eigenvalue weighted by atomic mass is 10.3. The van der Waals surface area contributed by atoms with Crippen molar-refractivity contribution in [3.63, 3.8) is 0 Å². The van der Waals surface area contributed by atoms with Gasteiger partial charge in [-0.2, -0.15) is 0 Å². The van der Waals surface area contributed by atoms with Gasteiger partial charge in [0.25, 0.3) is 0 Å². The first-order chi connectivity index (χ1) is 6.16. The average Bonchev–Trinajstić information content (AvgIpc) is 2.04. The zero-order valence-electron chi connectivity index (χ0n) is 7.82. The third kappa shape index (κ3) is 9.10. The lowest BCUT2D eigenvalue weighted by Gasteiger charge is -2.06. The van der Waals surface area contributed by atoms with Crippen LogP contribution in [0.3, 0.4) is 0 Å². The maximum atomic E-state index is 10.8. The van der Waals surface area contributed by atoms with Gasteiger partial charge in [0.05, 0.1) is 6.61 Å². The maximum Gasteiger partial charge on any atom is 0.407 e. The molecule has 0 aromatic heterocycles. The molecule has 5 nitrogen and oxygen atoms in total. The quantitative estimate of drug-likeness (QED) is 0.414. The molecule has 0 aliphatic heterocycles. The summed E-state index contributed by atoms with van der Waals surface area (Å²) in [5.41, 5.74) is 0. The molecule has 0 heterocycles. The Morgan fingerprint density at radius 1 is 1.54 bits per heavy atom. The molecule has 0 saturated heterocycles. The molecule has 0 unspecified atom stereocenters. The van der Waals surface area contributed by atoms with E-state index in [9.17, 15) is 4.79 Å². The van der Waals surface area contributed by atoms with Crippen LogP contribution in [0.2, 0.25) is 0 Å². The van der Waals surface area contributed by atoms with Gasteiger partial charge in [-0.3, -0.25) is 0 Å². The summed E-state index contributed by atoms with van der Waals surface area (Å²) in [4.78, 5) is 10.8. The Bertz CT molecular complexity index is 138. The van der Waals surface area contributed by atoms with Gasteiger partial charge in [-0.15, -0.1) is 0 Å². The van der Waals surface area contributed by atoms with Crippen LogP contribution in [0.1, 0.15) is 26.2 Å². The number of amides is 1. The van der Waals surface area contributed by atoms with Crippen molar-refractivity contribution in [2.75, 3.05) is 13.2 Å². The van der Waals surface area contributed by atoms with E-state index in [1.165, 1.54) is 0 Å². The molecule has 0 aliphatic carbocycles. The van der Waals surface area contributed by atoms with Crippen LogP contribution in [0.4, 0.5) is 4.79 Å².